The van der Waals surface area contributed by atoms with Gasteiger partial charge in [-0.1, -0.05) is 0 Å². The van der Waals surface area contributed by atoms with Crippen molar-refractivity contribution in [1.29, 1.82) is 0 Å². The number of hydrogen-bond donors (Lipinski definition) is 2. The minimum absolute atomic E-state index is 0.232. The van der Waals surface area contributed by atoms with Crippen LogP contribution in [0.2, 0.25) is 0 Å². The van der Waals surface area contributed by atoms with E-state index in [4.69, 9.17) is 0 Å². The molecule has 0 atom stereocenters. The van der Waals surface area contributed by atoms with Crippen LogP contribution in [0.1, 0.15) is 6.92 Å². The molecule has 1 rings (SSSR count). The van der Waals surface area contributed by atoms with Crippen molar-refractivity contribution in [3.8, 4) is 0 Å². The van der Waals surface area contributed by atoms with Crippen LogP contribution in [-0.4, -0.2) is 21.4 Å². The lowest BCUT2D eigenvalue weighted by atomic mass is 10.8. The van der Waals surface area contributed by atoms with Crippen LogP contribution in [0.25, 0.3) is 0 Å². The molecule has 6 nitrogen and oxygen atoms in total. The van der Waals surface area contributed by atoms with Crippen LogP contribution in [0, 0.1) is 0 Å². The first kappa shape index (κ1) is 7.39. The van der Waals surface area contributed by atoms with Gasteiger partial charge in [0.25, 0.3) is 5.56 Å². The smallest absolute Gasteiger partial charge is 0.271 e. The number of nitrogens with one attached hydrogen (secondary N) is 2. The lowest BCUT2D eigenvalue weighted by molar-refractivity contribution is 0.939. The van der Waals surface area contributed by atoms with Gasteiger partial charge in [-0.3, -0.25) is 9.78 Å². The summed E-state index contributed by atoms with van der Waals surface area (Å²) in [5.41, 5.74) is 2.16. The molecular weight excluding hydrogens is 146 g/mol. The van der Waals surface area contributed by atoms with Gasteiger partial charge in [0.05, 0.1) is 0 Å². The molecule has 0 saturated heterocycles. The number of hydrogen-bond acceptors (Lipinski definition) is 5. The Kier molecular flexibility index (Phi) is 2.32. The zero-order valence-electron chi connectivity index (χ0n) is 5.90. The van der Waals surface area contributed by atoms with E-state index in [0.29, 0.717) is 0 Å². The lowest BCUT2D eigenvalue weighted by Gasteiger charge is -1.93. The summed E-state index contributed by atoms with van der Waals surface area (Å²) >= 11 is 0. The standard InChI is InChI=1S/C5H7N5O/c1-2-6-9-5-8-4(11)3-7-10-5/h2-3H,1H3,(H2,8,9,10,11)/b6-2-. The fourth-order valence-corrected chi connectivity index (χ4v) is 0.489. The normalized spacial score (nSPS) is 10.3. The number of aromatic nitrogens is 3. The van der Waals surface area contributed by atoms with Gasteiger partial charge in [0.15, 0.2) is 0 Å². The molecule has 0 aromatic carbocycles. The monoisotopic (exact) mass is 153 g/mol. The van der Waals surface area contributed by atoms with Crippen molar-refractivity contribution in [2.75, 3.05) is 5.43 Å². The number of anilines is 1. The van der Waals surface area contributed by atoms with Crippen molar-refractivity contribution in [2.24, 2.45) is 5.10 Å². The molecule has 0 bridgehead atoms. The molecule has 0 unspecified atom stereocenters. The highest BCUT2D eigenvalue weighted by Crippen LogP contribution is 1.86. The van der Waals surface area contributed by atoms with Crippen molar-refractivity contribution in [1.82, 2.24) is 15.2 Å². The highest BCUT2D eigenvalue weighted by molar-refractivity contribution is 5.54. The molecule has 1 aromatic rings. The third-order valence-corrected chi connectivity index (χ3v) is 0.874. The van der Waals surface area contributed by atoms with Gasteiger partial charge >= 0.3 is 0 Å². The molecule has 0 radical (unpaired) electrons. The average molecular weight is 153 g/mol. The van der Waals surface area contributed by atoms with Crippen molar-refractivity contribution in [3.63, 3.8) is 0 Å². The van der Waals surface area contributed by atoms with E-state index in [2.05, 4.69) is 25.7 Å². The Balaban J connectivity index is 2.79. The van der Waals surface area contributed by atoms with Crippen LogP contribution in [-0.2, 0) is 0 Å². The second-order valence-electron chi connectivity index (χ2n) is 1.68. The predicted octanol–water partition coefficient (Wildman–Crippen LogP) is -0.418. The van der Waals surface area contributed by atoms with Crippen LogP contribution >= 0.6 is 0 Å². The molecule has 0 saturated carbocycles. The van der Waals surface area contributed by atoms with Gasteiger partial charge in [-0.05, 0) is 6.92 Å². The number of aromatic amines is 1. The van der Waals surface area contributed by atoms with Crippen LogP contribution in [0.15, 0.2) is 16.1 Å². The van der Waals surface area contributed by atoms with E-state index in [9.17, 15) is 4.79 Å². The summed E-state index contributed by atoms with van der Waals surface area (Å²) in [5, 5.41) is 10.6. The van der Waals surface area contributed by atoms with Gasteiger partial charge in [-0.15, -0.1) is 10.2 Å². The second-order valence-corrected chi connectivity index (χ2v) is 1.68. The zero-order chi connectivity index (χ0) is 8.10. The van der Waals surface area contributed by atoms with Gasteiger partial charge in [0.1, 0.15) is 6.20 Å². The molecule has 6 heteroatoms. The quantitative estimate of drug-likeness (QED) is 0.446. The van der Waals surface area contributed by atoms with Crippen molar-refractivity contribution < 1.29 is 0 Å². The highest BCUT2D eigenvalue weighted by atomic mass is 16.1. The van der Waals surface area contributed by atoms with E-state index < -0.39 is 0 Å². The molecular formula is C5H7N5O. The lowest BCUT2D eigenvalue weighted by Crippen LogP contribution is -2.10. The summed E-state index contributed by atoms with van der Waals surface area (Å²) in [7, 11) is 0. The Labute approximate surface area is 62.4 Å². The van der Waals surface area contributed by atoms with E-state index >= 15 is 0 Å². The minimum Gasteiger partial charge on any atom is -0.289 e. The molecule has 1 aromatic heterocycles. The number of nitrogens with zero attached hydrogens (tertiary/aromatic N) is 3. The van der Waals surface area contributed by atoms with Gasteiger partial charge < -0.3 is 0 Å². The van der Waals surface area contributed by atoms with Gasteiger partial charge in [-0.25, -0.2) is 5.43 Å². The zero-order valence-corrected chi connectivity index (χ0v) is 5.90. The Bertz CT molecular complexity index is 304. The molecule has 58 valence electrons. The SMILES string of the molecule is C/C=N\Nc1nncc(=O)[nH]1. The highest BCUT2D eigenvalue weighted by Gasteiger charge is 1.89. The van der Waals surface area contributed by atoms with Gasteiger partial charge in [0, 0.05) is 6.21 Å². The maximum atomic E-state index is 10.6. The fourth-order valence-electron chi connectivity index (χ4n) is 0.489. The van der Waals surface area contributed by atoms with Crippen LogP contribution < -0.4 is 11.0 Å². The first-order chi connectivity index (χ1) is 5.33. The second kappa shape index (κ2) is 3.45. The maximum absolute atomic E-state index is 10.6. The van der Waals surface area contributed by atoms with E-state index in [1.807, 2.05) is 0 Å². The van der Waals surface area contributed by atoms with E-state index in [1.165, 1.54) is 6.21 Å². The summed E-state index contributed by atoms with van der Waals surface area (Å²) in [5.74, 6) is 0.232. The Morgan fingerprint density at radius 2 is 2.64 bits per heavy atom. The minimum atomic E-state index is -0.311. The first-order valence-corrected chi connectivity index (χ1v) is 2.98. The number of hydrazone groups is 1. The summed E-state index contributed by atoms with van der Waals surface area (Å²) < 4.78 is 0. The third kappa shape index (κ3) is 2.17. The first-order valence-electron chi connectivity index (χ1n) is 2.98. The van der Waals surface area contributed by atoms with E-state index in [-0.39, 0.29) is 11.5 Å². The van der Waals surface area contributed by atoms with E-state index in [1.54, 1.807) is 6.92 Å². The van der Waals surface area contributed by atoms with Gasteiger partial charge in [0.2, 0.25) is 5.95 Å². The van der Waals surface area contributed by atoms with Crippen LogP contribution in [0.4, 0.5) is 5.95 Å². The molecule has 1 heterocycles. The van der Waals surface area contributed by atoms with Crippen molar-refractivity contribution in [3.05, 3.63) is 16.6 Å². The van der Waals surface area contributed by atoms with Crippen LogP contribution in [0.3, 0.4) is 0 Å². The Hall–Kier alpha value is -1.72. The molecule has 0 amide bonds. The average Bonchev–Trinajstić information content (AvgIpc) is 2.01. The molecule has 11 heavy (non-hydrogen) atoms. The summed E-state index contributed by atoms with van der Waals surface area (Å²) in [6, 6.07) is 0. The molecule has 0 aliphatic carbocycles. The Morgan fingerprint density at radius 3 is 3.27 bits per heavy atom. The Morgan fingerprint density at radius 1 is 1.82 bits per heavy atom. The third-order valence-electron chi connectivity index (χ3n) is 0.874. The summed E-state index contributed by atoms with van der Waals surface area (Å²) in [6.45, 7) is 1.74. The van der Waals surface area contributed by atoms with Crippen molar-refractivity contribution in [2.45, 2.75) is 6.92 Å². The number of H-pyrrole nitrogens is 1. The van der Waals surface area contributed by atoms with E-state index in [0.717, 1.165) is 6.20 Å². The summed E-state index contributed by atoms with van der Waals surface area (Å²) in [4.78, 5) is 13.0. The number of rotatable bonds is 2. The molecule has 0 aliphatic rings. The maximum Gasteiger partial charge on any atom is 0.271 e. The topological polar surface area (TPSA) is 83.0 Å². The fraction of sp³-hybridized carbons (Fsp3) is 0.200. The molecule has 2 N–H and O–H groups in total. The van der Waals surface area contributed by atoms with Gasteiger partial charge in [-0.2, -0.15) is 5.10 Å². The molecule has 0 spiro atoms. The molecule has 0 aliphatic heterocycles. The van der Waals surface area contributed by atoms with Crippen molar-refractivity contribution >= 4 is 12.2 Å². The largest absolute Gasteiger partial charge is 0.289 e. The predicted molar refractivity (Wildman–Crippen MR) is 40.4 cm³/mol. The summed E-state index contributed by atoms with van der Waals surface area (Å²) in [6.07, 6.45) is 2.62. The molecule has 0 fully saturated rings. The van der Waals surface area contributed by atoms with Crippen LogP contribution in [0.5, 0.6) is 0 Å².